The van der Waals surface area contributed by atoms with E-state index in [0.29, 0.717) is 18.1 Å². The summed E-state index contributed by atoms with van der Waals surface area (Å²) in [6.45, 7) is 8.77. The Bertz CT molecular complexity index is 1250. The van der Waals surface area contributed by atoms with E-state index in [4.69, 9.17) is 0 Å². The van der Waals surface area contributed by atoms with Gasteiger partial charge in [-0.15, -0.1) is 0 Å². The van der Waals surface area contributed by atoms with E-state index in [1.54, 1.807) is 24.5 Å². The van der Waals surface area contributed by atoms with Crippen LogP contribution in [0, 0.1) is 6.92 Å². The standard InChI is InChI=1S/C29H31N5O/c1-4-34(5-2)27-15-11-22(12-16-27)18-30-28(35)24-7-6-8-26(17-24)33-29-31-19-25(20-32-29)23-13-9-21(3)10-14-23/h6-17,19-20H,4-5,18H2,1-3H3,(H,30,35)(H,31,32,33). The van der Waals surface area contributed by atoms with Gasteiger partial charge in [-0.05, 0) is 62.2 Å². The Balaban J connectivity index is 1.36. The summed E-state index contributed by atoms with van der Waals surface area (Å²) in [4.78, 5) is 23.9. The largest absolute Gasteiger partial charge is 0.372 e. The minimum atomic E-state index is -0.128. The van der Waals surface area contributed by atoms with E-state index >= 15 is 0 Å². The van der Waals surface area contributed by atoms with Crippen LogP contribution in [0.15, 0.2) is 85.2 Å². The third-order valence-corrected chi connectivity index (χ3v) is 5.94. The van der Waals surface area contributed by atoms with Gasteiger partial charge in [0.1, 0.15) is 0 Å². The second-order valence-electron chi connectivity index (χ2n) is 8.39. The van der Waals surface area contributed by atoms with E-state index in [-0.39, 0.29) is 5.91 Å². The number of carbonyl (C=O) groups is 1. The molecule has 0 aliphatic heterocycles. The molecule has 4 aromatic rings. The van der Waals surface area contributed by atoms with Crippen LogP contribution in [0.5, 0.6) is 0 Å². The molecule has 0 saturated carbocycles. The van der Waals surface area contributed by atoms with Gasteiger partial charge in [0.2, 0.25) is 5.95 Å². The van der Waals surface area contributed by atoms with Crippen molar-refractivity contribution < 1.29 is 4.79 Å². The van der Waals surface area contributed by atoms with Crippen LogP contribution in [-0.2, 0) is 6.54 Å². The van der Waals surface area contributed by atoms with Crippen molar-refractivity contribution in [1.82, 2.24) is 15.3 Å². The van der Waals surface area contributed by atoms with Crippen LogP contribution >= 0.6 is 0 Å². The second kappa shape index (κ2) is 11.3. The maximum atomic E-state index is 12.7. The monoisotopic (exact) mass is 465 g/mol. The quantitative estimate of drug-likeness (QED) is 0.319. The molecule has 2 N–H and O–H groups in total. The first-order chi connectivity index (χ1) is 17.1. The highest BCUT2D eigenvalue weighted by molar-refractivity contribution is 5.95. The molecule has 178 valence electrons. The van der Waals surface area contributed by atoms with Crippen LogP contribution in [0.4, 0.5) is 17.3 Å². The lowest BCUT2D eigenvalue weighted by atomic mass is 10.1. The number of aromatic nitrogens is 2. The first-order valence-corrected chi connectivity index (χ1v) is 11.9. The first-order valence-electron chi connectivity index (χ1n) is 11.9. The normalized spacial score (nSPS) is 10.6. The van der Waals surface area contributed by atoms with Crippen LogP contribution in [-0.4, -0.2) is 29.0 Å². The molecule has 4 rings (SSSR count). The Morgan fingerprint density at radius 1 is 0.857 bits per heavy atom. The summed E-state index contributed by atoms with van der Waals surface area (Å²) in [5.41, 5.74) is 6.82. The molecule has 1 heterocycles. The van der Waals surface area contributed by atoms with Crippen molar-refractivity contribution >= 4 is 23.2 Å². The van der Waals surface area contributed by atoms with E-state index in [1.807, 2.05) is 12.1 Å². The maximum Gasteiger partial charge on any atom is 0.251 e. The summed E-state index contributed by atoms with van der Waals surface area (Å²) in [6, 6.07) is 23.9. The van der Waals surface area contributed by atoms with E-state index in [1.165, 1.54) is 11.3 Å². The van der Waals surface area contributed by atoms with Crippen molar-refractivity contribution in [2.75, 3.05) is 23.3 Å². The number of benzene rings is 3. The van der Waals surface area contributed by atoms with Crippen molar-refractivity contribution in [2.45, 2.75) is 27.3 Å². The number of hydrogen-bond acceptors (Lipinski definition) is 5. The summed E-state index contributed by atoms with van der Waals surface area (Å²) in [6.07, 6.45) is 3.59. The minimum Gasteiger partial charge on any atom is -0.372 e. The highest BCUT2D eigenvalue weighted by atomic mass is 16.1. The molecule has 6 heteroatoms. The van der Waals surface area contributed by atoms with Crippen LogP contribution in [0.25, 0.3) is 11.1 Å². The molecule has 0 fully saturated rings. The Hall–Kier alpha value is -4.19. The highest BCUT2D eigenvalue weighted by Crippen LogP contribution is 2.20. The zero-order chi connectivity index (χ0) is 24.6. The molecule has 0 atom stereocenters. The minimum absolute atomic E-state index is 0.128. The third kappa shape index (κ3) is 6.23. The highest BCUT2D eigenvalue weighted by Gasteiger charge is 2.08. The van der Waals surface area contributed by atoms with E-state index in [0.717, 1.165) is 35.5 Å². The van der Waals surface area contributed by atoms with Gasteiger partial charge in [-0.25, -0.2) is 9.97 Å². The predicted octanol–water partition coefficient (Wildman–Crippen LogP) is 5.97. The third-order valence-electron chi connectivity index (χ3n) is 5.94. The zero-order valence-corrected chi connectivity index (χ0v) is 20.5. The number of carbonyl (C=O) groups excluding carboxylic acids is 1. The first kappa shape index (κ1) is 24.0. The van der Waals surface area contributed by atoms with Gasteiger partial charge in [-0.2, -0.15) is 0 Å². The SMILES string of the molecule is CCN(CC)c1ccc(CNC(=O)c2cccc(Nc3ncc(-c4ccc(C)cc4)cn3)c2)cc1. The average Bonchev–Trinajstić information content (AvgIpc) is 2.90. The van der Waals surface area contributed by atoms with Gasteiger partial charge < -0.3 is 15.5 Å². The molecule has 0 unspecified atom stereocenters. The Kier molecular flexibility index (Phi) is 7.73. The summed E-state index contributed by atoms with van der Waals surface area (Å²) in [5, 5.41) is 6.18. The van der Waals surface area contributed by atoms with Gasteiger partial charge >= 0.3 is 0 Å². The molecule has 0 saturated heterocycles. The average molecular weight is 466 g/mol. The Morgan fingerprint density at radius 2 is 1.54 bits per heavy atom. The molecule has 0 radical (unpaired) electrons. The number of nitrogens with one attached hydrogen (secondary N) is 2. The van der Waals surface area contributed by atoms with Gasteiger partial charge in [0.05, 0.1) is 0 Å². The lowest BCUT2D eigenvalue weighted by Gasteiger charge is -2.21. The second-order valence-corrected chi connectivity index (χ2v) is 8.39. The Labute approximate surface area is 207 Å². The van der Waals surface area contributed by atoms with Gasteiger partial charge in [0, 0.05) is 54.5 Å². The molecule has 1 amide bonds. The summed E-state index contributed by atoms with van der Waals surface area (Å²) >= 11 is 0. The van der Waals surface area contributed by atoms with Crippen LogP contribution in [0.3, 0.4) is 0 Å². The molecule has 0 spiro atoms. The van der Waals surface area contributed by atoms with Crippen molar-refractivity contribution in [2.24, 2.45) is 0 Å². The molecule has 0 bridgehead atoms. The van der Waals surface area contributed by atoms with E-state index < -0.39 is 0 Å². The van der Waals surface area contributed by atoms with Gasteiger partial charge in [-0.1, -0.05) is 48.0 Å². The summed E-state index contributed by atoms with van der Waals surface area (Å²) < 4.78 is 0. The molecule has 3 aromatic carbocycles. The van der Waals surface area contributed by atoms with Gasteiger partial charge in [0.25, 0.3) is 5.91 Å². The number of aryl methyl sites for hydroxylation is 1. The van der Waals surface area contributed by atoms with Crippen molar-refractivity contribution in [3.05, 3.63) is 102 Å². The number of hydrogen-bond donors (Lipinski definition) is 2. The zero-order valence-electron chi connectivity index (χ0n) is 20.5. The number of nitrogens with zero attached hydrogens (tertiary/aromatic N) is 3. The Morgan fingerprint density at radius 3 is 2.20 bits per heavy atom. The smallest absolute Gasteiger partial charge is 0.251 e. The lowest BCUT2D eigenvalue weighted by Crippen LogP contribution is -2.23. The van der Waals surface area contributed by atoms with Crippen molar-refractivity contribution in [3.8, 4) is 11.1 Å². The fourth-order valence-electron chi connectivity index (χ4n) is 3.85. The predicted molar refractivity (Wildman–Crippen MR) is 143 cm³/mol. The summed E-state index contributed by atoms with van der Waals surface area (Å²) in [5.74, 6) is 0.351. The van der Waals surface area contributed by atoms with Gasteiger partial charge in [0.15, 0.2) is 0 Å². The number of rotatable bonds is 9. The molecule has 0 aliphatic carbocycles. The molecule has 1 aromatic heterocycles. The topological polar surface area (TPSA) is 70.2 Å². The number of amides is 1. The van der Waals surface area contributed by atoms with Gasteiger partial charge in [-0.3, -0.25) is 4.79 Å². The summed E-state index contributed by atoms with van der Waals surface area (Å²) in [7, 11) is 0. The fourth-order valence-corrected chi connectivity index (χ4v) is 3.85. The fraction of sp³-hybridized carbons (Fsp3) is 0.207. The lowest BCUT2D eigenvalue weighted by molar-refractivity contribution is 0.0951. The maximum absolute atomic E-state index is 12.7. The molecular formula is C29H31N5O. The molecule has 0 aliphatic rings. The molecule has 6 nitrogen and oxygen atoms in total. The van der Waals surface area contributed by atoms with Crippen molar-refractivity contribution in [3.63, 3.8) is 0 Å². The van der Waals surface area contributed by atoms with Crippen LogP contribution in [0.2, 0.25) is 0 Å². The number of anilines is 3. The molecular weight excluding hydrogens is 434 g/mol. The van der Waals surface area contributed by atoms with Crippen LogP contribution < -0.4 is 15.5 Å². The van der Waals surface area contributed by atoms with Crippen LogP contribution in [0.1, 0.15) is 35.3 Å². The van der Waals surface area contributed by atoms with E-state index in [2.05, 4.69) is 94.8 Å². The molecule has 35 heavy (non-hydrogen) atoms. The van der Waals surface area contributed by atoms with Crippen molar-refractivity contribution in [1.29, 1.82) is 0 Å². The van der Waals surface area contributed by atoms with E-state index in [9.17, 15) is 4.79 Å².